The van der Waals surface area contributed by atoms with Gasteiger partial charge in [-0.15, -0.1) is 11.3 Å². The Bertz CT molecular complexity index is 1210. The largest absolute Gasteiger partial charge is 0.318 e. The number of para-hydroxylation sites is 1. The minimum Gasteiger partial charge on any atom is -0.318 e. The number of aryl methyl sites for hydroxylation is 1. The van der Waals surface area contributed by atoms with Gasteiger partial charge in [0.1, 0.15) is 0 Å². The molecule has 4 aromatic rings. The van der Waals surface area contributed by atoms with Crippen LogP contribution in [0.25, 0.3) is 10.2 Å². The molecule has 158 valence electrons. The molecule has 0 aliphatic heterocycles. The molecule has 0 saturated carbocycles. The van der Waals surface area contributed by atoms with E-state index < -0.39 is 11.8 Å². The van der Waals surface area contributed by atoms with Gasteiger partial charge in [0.2, 0.25) is 0 Å². The van der Waals surface area contributed by atoms with Crippen LogP contribution in [0.4, 0.5) is 11.5 Å². The summed E-state index contributed by atoms with van der Waals surface area (Å²) < 4.78 is 2.91. The summed E-state index contributed by atoms with van der Waals surface area (Å²) in [6.45, 7) is 5.82. The predicted octanol–water partition coefficient (Wildman–Crippen LogP) is 4.55. The van der Waals surface area contributed by atoms with Crippen LogP contribution in [0.15, 0.2) is 54.7 Å². The van der Waals surface area contributed by atoms with Gasteiger partial charge in [0.15, 0.2) is 5.82 Å². The number of amides is 2. The average Bonchev–Trinajstić information content (AvgIpc) is 3.32. The van der Waals surface area contributed by atoms with Gasteiger partial charge in [-0.05, 0) is 50.6 Å². The van der Waals surface area contributed by atoms with Gasteiger partial charge in [0, 0.05) is 29.9 Å². The van der Waals surface area contributed by atoms with Gasteiger partial charge in [-0.1, -0.05) is 24.3 Å². The monoisotopic (exact) mass is 433 g/mol. The molecule has 31 heavy (non-hydrogen) atoms. The minimum atomic E-state index is -0.754. The summed E-state index contributed by atoms with van der Waals surface area (Å²) in [6, 6.07) is 15.6. The van der Waals surface area contributed by atoms with Gasteiger partial charge in [0.25, 0.3) is 0 Å². The lowest BCUT2D eigenvalue weighted by Gasteiger charge is -2.07. The van der Waals surface area contributed by atoms with Gasteiger partial charge >= 0.3 is 11.8 Å². The first kappa shape index (κ1) is 20.7. The first-order chi connectivity index (χ1) is 14.9. The topological polar surface area (TPSA) is 88.9 Å². The van der Waals surface area contributed by atoms with Crippen molar-refractivity contribution in [3.05, 3.63) is 70.9 Å². The molecule has 0 bridgehead atoms. The number of fused-ring (bicyclic) bond motifs is 1. The van der Waals surface area contributed by atoms with E-state index in [1.165, 1.54) is 4.70 Å². The zero-order chi connectivity index (χ0) is 22.0. The van der Waals surface area contributed by atoms with Crippen molar-refractivity contribution >= 4 is 44.9 Å². The van der Waals surface area contributed by atoms with E-state index in [0.29, 0.717) is 17.9 Å². The molecule has 7 nitrogen and oxygen atoms in total. The molecule has 0 radical (unpaired) electrons. The number of carbonyl (C=O) groups excluding carboxylic acids is 2. The highest BCUT2D eigenvalue weighted by Gasteiger charge is 2.17. The Labute approximate surface area is 184 Å². The molecule has 0 saturated heterocycles. The summed E-state index contributed by atoms with van der Waals surface area (Å²) in [5.74, 6) is -1.10. The fourth-order valence-corrected chi connectivity index (χ4v) is 4.10. The third kappa shape index (κ3) is 4.80. The van der Waals surface area contributed by atoms with E-state index in [0.717, 1.165) is 21.7 Å². The minimum absolute atomic E-state index is 0.166. The van der Waals surface area contributed by atoms with Gasteiger partial charge in [-0.2, -0.15) is 5.10 Å². The van der Waals surface area contributed by atoms with E-state index in [1.54, 1.807) is 28.2 Å². The van der Waals surface area contributed by atoms with E-state index in [9.17, 15) is 9.59 Å². The number of hydrogen-bond donors (Lipinski definition) is 2. The number of nitrogens with one attached hydrogen (secondary N) is 2. The van der Waals surface area contributed by atoms with Crippen LogP contribution in [0.3, 0.4) is 0 Å². The van der Waals surface area contributed by atoms with E-state index in [1.807, 2.05) is 57.3 Å². The van der Waals surface area contributed by atoms with Gasteiger partial charge < -0.3 is 10.6 Å². The predicted molar refractivity (Wildman–Crippen MR) is 123 cm³/mol. The maximum Gasteiger partial charge on any atom is 0.315 e. The molecular formula is C23H23N5O2S. The molecule has 0 aliphatic rings. The molecule has 2 aromatic heterocycles. The van der Waals surface area contributed by atoms with Crippen LogP contribution < -0.4 is 10.6 Å². The molecule has 0 atom stereocenters. The first-order valence-electron chi connectivity index (χ1n) is 10.0. The van der Waals surface area contributed by atoms with Crippen LogP contribution in [0, 0.1) is 6.92 Å². The molecule has 0 unspecified atom stereocenters. The molecule has 4 rings (SSSR count). The molecule has 0 spiro atoms. The fourth-order valence-electron chi connectivity index (χ4n) is 3.10. The summed E-state index contributed by atoms with van der Waals surface area (Å²) >= 11 is 1.67. The standard InChI is InChI=1S/C23H23N5O2S/c1-14(2)28-13-15(3)21(27-28)26-23(30)22(29)24-17-10-8-16(9-11-17)12-20-25-18-6-4-5-7-19(18)31-20/h4-11,13-14H,12H2,1-3H3,(H,24,29)(H,26,27,30). The van der Waals surface area contributed by atoms with Crippen molar-refractivity contribution in [1.82, 2.24) is 14.8 Å². The summed E-state index contributed by atoms with van der Waals surface area (Å²) in [5, 5.41) is 10.5. The Morgan fingerprint density at radius 3 is 2.42 bits per heavy atom. The number of nitrogens with zero attached hydrogens (tertiary/aromatic N) is 3. The molecule has 8 heteroatoms. The van der Waals surface area contributed by atoms with Crippen LogP contribution >= 0.6 is 11.3 Å². The number of thiazole rings is 1. The Kier molecular flexibility index (Phi) is 5.81. The molecule has 2 aromatic carbocycles. The second kappa shape index (κ2) is 8.69. The maximum absolute atomic E-state index is 12.3. The van der Waals surface area contributed by atoms with E-state index in [-0.39, 0.29) is 6.04 Å². The Morgan fingerprint density at radius 2 is 1.74 bits per heavy atom. The van der Waals surface area contributed by atoms with Crippen molar-refractivity contribution in [2.75, 3.05) is 10.6 Å². The Morgan fingerprint density at radius 1 is 1.03 bits per heavy atom. The normalized spacial score (nSPS) is 11.1. The number of rotatable bonds is 5. The van der Waals surface area contributed by atoms with Crippen molar-refractivity contribution in [3.63, 3.8) is 0 Å². The maximum atomic E-state index is 12.3. The summed E-state index contributed by atoms with van der Waals surface area (Å²) in [5.41, 5.74) is 3.44. The Hall–Kier alpha value is -3.52. The number of hydrogen-bond acceptors (Lipinski definition) is 5. The molecule has 0 aliphatic carbocycles. The highest BCUT2D eigenvalue weighted by Crippen LogP contribution is 2.24. The fraction of sp³-hybridized carbons (Fsp3) is 0.217. The first-order valence-corrected chi connectivity index (χ1v) is 10.8. The highest BCUT2D eigenvalue weighted by molar-refractivity contribution is 7.18. The van der Waals surface area contributed by atoms with E-state index in [4.69, 9.17) is 0 Å². The SMILES string of the molecule is Cc1cn(C(C)C)nc1NC(=O)C(=O)Nc1ccc(Cc2nc3ccccc3s2)cc1. The van der Waals surface area contributed by atoms with Crippen LogP contribution in [0.2, 0.25) is 0 Å². The second-order valence-electron chi connectivity index (χ2n) is 7.59. The van der Waals surface area contributed by atoms with Crippen LogP contribution in [-0.4, -0.2) is 26.6 Å². The second-order valence-corrected chi connectivity index (χ2v) is 8.71. The van der Waals surface area contributed by atoms with Crippen LogP contribution in [-0.2, 0) is 16.0 Å². The van der Waals surface area contributed by atoms with Gasteiger partial charge in [-0.3, -0.25) is 14.3 Å². The molecule has 2 amide bonds. The number of carbonyl (C=O) groups is 2. The van der Waals surface area contributed by atoms with Gasteiger partial charge in [-0.25, -0.2) is 4.98 Å². The third-order valence-corrected chi connectivity index (χ3v) is 5.82. The van der Waals surface area contributed by atoms with Gasteiger partial charge in [0.05, 0.1) is 15.2 Å². The lowest BCUT2D eigenvalue weighted by atomic mass is 10.1. The van der Waals surface area contributed by atoms with E-state index >= 15 is 0 Å². The van der Waals surface area contributed by atoms with Crippen molar-refractivity contribution in [1.29, 1.82) is 0 Å². The number of aromatic nitrogens is 3. The molecule has 0 fully saturated rings. The smallest absolute Gasteiger partial charge is 0.315 e. The average molecular weight is 434 g/mol. The van der Waals surface area contributed by atoms with Crippen molar-refractivity contribution in [2.24, 2.45) is 0 Å². The van der Waals surface area contributed by atoms with Crippen molar-refractivity contribution in [2.45, 2.75) is 33.2 Å². The lowest BCUT2D eigenvalue weighted by Crippen LogP contribution is -2.29. The Balaban J connectivity index is 1.36. The summed E-state index contributed by atoms with van der Waals surface area (Å²) in [4.78, 5) is 29.2. The van der Waals surface area contributed by atoms with E-state index in [2.05, 4.69) is 26.8 Å². The third-order valence-electron chi connectivity index (χ3n) is 4.79. The molecular weight excluding hydrogens is 410 g/mol. The quantitative estimate of drug-likeness (QED) is 0.452. The van der Waals surface area contributed by atoms with Crippen LogP contribution in [0.1, 0.15) is 36.0 Å². The van der Waals surface area contributed by atoms with Crippen molar-refractivity contribution < 1.29 is 9.59 Å². The van der Waals surface area contributed by atoms with Crippen LogP contribution in [0.5, 0.6) is 0 Å². The highest BCUT2D eigenvalue weighted by atomic mass is 32.1. The summed E-state index contributed by atoms with van der Waals surface area (Å²) in [7, 11) is 0. The lowest BCUT2D eigenvalue weighted by molar-refractivity contribution is -0.133. The zero-order valence-corrected chi connectivity index (χ0v) is 18.4. The number of benzene rings is 2. The number of anilines is 2. The summed E-state index contributed by atoms with van der Waals surface area (Å²) in [6.07, 6.45) is 2.55. The van der Waals surface area contributed by atoms with Crippen molar-refractivity contribution in [3.8, 4) is 0 Å². The zero-order valence-electron chi connectivity index (χ0n) is 17.5. The molecule has 2 heterocycles. The molecule has 2 N–H and O–H groups in total.